The number of Topliss-reactive ketones (excluding diaryl/α,β-unsaturated/α-hetero) is 2. The predicted octanol–water partition coefficient (Wildman–Crippen LogP) is 4.55. The second kappa shape index (κ2) is 7.00. The second-order valence-electron chi connectivity index (χ2n) is 6.88. The molecular weight excluding hydrogens is 354 g/mol. The fourth-order valence-electron chi connectivity index (χ4n) is 3.50. The summed E-state index contributed by atoms with van der Waals surface area (Å²) in [5.74, 6) is 1.12. The normalized spacial score (nSPS) is 14.4. The number of hydrogen-bond donors (Lipinski definition) is 0. The molecule has 5 nitrogen and oxygen atoms in total. The number of aryl methyl sites for hydroxylation is 1. The second-order valence-corrected chi connectivity index (χ2v) is 6.88. The molecule has 0 N–H and O–H groups in total. The average molecular weight is 375 g/mol. The maximum absolute atomic E-state index is 12.8. The lowest BCUT2D eigenvalue weighted by molar-refractivity contribution is -0.118. The quantitative estimate of drug-likeness (QED) is 0.614. The van der Waals surface area contributed by atoms with Gasteiger partial charge in [0, 0.05) is 34.8 Å². The van der Waals surface area contributed by atoms with Crippen LogP contribution < -0.4 is 9.47 Å². The molecule has 3 aromatic rings. The van der Waals surface area contributed by atoms with Gasteiger partial charge < -0.3 is 14.0 Å². The van der Waals surface area contributed by atoms with Crippen LogP contribution in [0.3, 0.4) is 0 Å². The Bertz CT molecular complexity index is 1140. The Hall–Kier alpha value is -3.34. The summed E-state index contributed by atoms with van der Waals surface area (Å²) in [5.41, 5.74) is 3.29. The maximum atomic E-state index is 12.8. The van der Waals surface area contributed by atoms with E-state index in [0.717, 1.165) is 23.0 Å². The van der Waals surface area contributed by atoms with Crippen LogP contribution in [0.5, 0.6) is 11.5 Å². The van der Waals surface area contributed by atoms with Crippen LogP contribution in [0.25, 0.3) is 17.0 Å². The number of benzene rings is 2. The summed E-state index contributed by atoms with van der Waals surface area (Å²) < 4.78 is 13.6. The van der Waals surface area contributed by atoms with Crippen LogP contribution in [-0.4, -0.2) is 22.7 Å². The van der Waals surface area contributed by atoms with Crippen LogP contribution in [0.1, 0.15) is 35.3 Å². The zero-order valence-electron chi connectivity index (χ0n) is 16.1. The van der Waals surface area contributed by atoms with Crippen molar-refractivity contribution < 1.29 is 19.1 Å². The van der Waals surface area contributed by atoms with Crippen molar-refractivity contribution in [2.24, 2.45) is 0 Å². The van der Waals surface area contributed by atoms with E-state index in [1.807, 2.05) is 31.3 Å². The van der Waals surface area contributed by atoms with Crippen molar-refractivity contribution in [2.45, 2.75) is 27.3 Å². The zero-order valence-corrected chi connectivity index (χ0v) is 16.1. The van der Waals surface area contributed by atoms with Gasteiger partial charge in [0.1, 0.15) is 18.1 Å². The Morgan fingerprint density at radius 3 is 2.75 bits per heavy atom. The van der Waals surface area contributed by atoms with Crippen molar-refractivity contribution in [1.29, 1.82) is 0 Å². The van der Waals surface area contributed by atoms with Crippen molar-refractivity contribution in [2.75, 3.05) is 6.61 Å². The van der Waals surface area contributed by atoms with Crippen LogP contribution in [0.2, 0.25) is 0 Å². The number of rotatable bonds is 5. The van der Waals surface area contributed by atoms with Gasteiger partial charge in [-0.1, -0.05) is 18.2 Å². The maximum Gasteiger partial charge on any atom is 0.231 e. The van der Waals surface area contributed by atoms with Gasteiger partial charge in [-0.15, -0.1) is 0 Å². The molecule has 0 aliphatic carbocycles. The summed E-state index contributed by atoms with van der Waals surface area (Å²) in [5, 5.41) is 1.08. The molecule has 0 spiro atoms. The molecule has 0 radical (unpaired) electrons. The number of nitrogens with zero attached hydrogens (tertiary/aromatic N) is 1. The molecule has 2 aromatic carbocycles. The molecule has 1 aliphatic rings. The first-order valence-corrected chi connectivity index (χ1v) is 9.27. The lowest BCUT2D eigenvalue weighted by atomic mass is 10.1. The van der Waals surface area contributed by atoms with Crippen LogP contribution in [0.15, 0.2) is 48.4 Å². The molecule has 0 unspecified atom stereocenters. The average Bonchev–Trinajstić information content (AvgIpc) is 3.20. The van der Waals surface area contributed by atoms with Crippen molar-refractivity contribution in [3.8, 4) is 11.5 Å². The minimum atomic E-state index is -0.149. The van der Waals surface area contributed by atoms with Gasteiger partial charge in [0.25, 0.3) is 0 Å². The highest BCUT2D eigenvalue weighted by Gasteiger charge is 2.30. The SMILES string of the molecule is CCn1cc(/C=C2/Oc3c(ccc(OCC(C)=O)c3C)C2=O)c2ccccc21. The van der Waals surface area contributed by atoms with E-state index in [9.17, 15) is 9.59 Å². The number of fused-ring (bicyclic) bond motifs is 2. The Morgan fingerprint density at radius 2 is 2.00 bits per heavy atom. The van der Waals surface area contributed by atoms with Crippen LogP contribution in [0.4, 0.5) is 0 Å². The van der Waals surface area contributed by atoms with Gasteiger partial charge >= 0.3 is 0 Å². The lowest BCUT2D eigenvalue weighted by Gasteiger charge is -2.10. The first-order chi connectivity index (χ1) is 13.5. The summed E-state index contributed by atoms with van der Waals surface area (Å²) >= 11 is 0. The molecule has 0 bridgehead atoms. The molecule has 1 aromatic heterocycles. The van der Waals surface area contributed by atoms with Gasteiger partial charge in [-0.3, -0.25) is 9.59 Å². The molecule has 4 rings (SSSR count). The van der Waals surface area contributed by atoms with E-state index in [1.54, 1.807) is 18.2 Å². The van der Waals surface area contributed by atoms with E-state index in [2.05, 4.69) is 17.6 Å². The first-order valence-electron chi connectivity index (χ1n) is 9.27. The van der Waals surface area contributed by atoms with Gasteiger partial charge in [-0.25, -0.2) is 0 Å². The first kappa shape index (κ1) is 18.0. The van der Waals surface area contributed by atoms with Gasteiger partial charge in [-0.05, 0) is 45.0 Å². The lowest BCUT2D eigenvalue weighted by Crippen LogP contribution is -2.07. The third-order valence-corrected chi connectivity index (χ3v) is 4.91. The van der Waals surface area contributed by atoms with E-state index in [-0.39, 0.29) is 18.2 Å². The number of aromatic nitrogens is 1. The summed E-state index contributed by atoms with van der Waals surface area (Å²) in [6.07, 6.45) is 3.83. The molecule has 0 amide bonds. The molecule has 1 aliphatic heterocycles. The van der Waals surface area contributed by atoms with Crippen LogP contribution >= 0.6 is 0 Å². The van der Waals surface area contributed by atoms with E-state index < -0.39 is 0 Å². The van der Waals surface area contributed by atoms with Gasteiger partial charge in [0.05, 0.1) is 5.56 Å². The topological polar surface area (TPSA) is 57.5 Å². The largest absolute Gasteiger partial charge is 0.485 e. The van der Waals surface area contributed by atoms with E-state index in [4.69, 9.17) is 9.47 Å². The third-order valence-electron chi connectivity index (χ3n) is 4.91. The van der Waals surface area contributed by atoms with Crippen molar-refractivity contribution in [3.63, 3.8) is 0 Å². The minimum Gasteiger partial charge on any atom is -0.485 e. The highest BCUT2D eigenvalue weighted by Crippen LogP contribution is 2.39. The van der Waals surface area contributed by atoms with Gasteiger partial charge in [0.2, 0.25) is 5.78 Å². The molecule has 2 heterocycles. The number of allylic oxidation sites excluding steroid dienone is 1. The molecule has 0 atom stereocenters. The summed E-state index contributed by atoms with van der Waals surface area (Å²) in [4.78, 5) is 24.0. The Kier molecular flexibility index (Phi) is 4.51. The molecule has 5 heteroatoms. The highest BCUT2D eigenvalue weighted by molar-refractivity contribution is 6.15. The monoisotopic (exact) mass is 375 g/mol. The Labute approximate surface area is 163 Å². The zero-order chi connectivity index (χ0) is 19.8. The molecule has 0 saturated heterocycles. The third kappa shape index (κ3) is 2.99. The predicted molar refractivity (Wildman–Crippen MR) is 108 cm³/mol. The number of ether oxygens (including phenoxy) is 2. The van der Waals surface area contributed by atoms with Crippen molar-refractivity contribution in [3.05, 3.63) is 65.0 Å². The smallest absolute Gasteiger partial charge is 0.231 e. The van der Waals surface area contributed by atoms with Crippen LogP contribution in [0, 0.1) is 6.92 Å². The minimum absolute atomic E-state index is 0.00715. The summed E-state index contributed by atoms with van der Waals surface area (Å²) in [6.45, 7) is 6.22. The van der Waals surface area contributed by atoms with Gasteiger partial charge in [-0.2, -0.15) is 0 Å². The Morgan fingerprint density at radius 1 is 1.21 bits per heavy atom. The number of carbonyl (C=O) groups is 2. The molecule has 142 valence electrons. The van der Waals surface area contributed by atoms with E-state index in [0.29, 0.717) is 28.4 Å². The summed E-state index contributed by atoms with van der Waals surface area (Å²) in [7, 11) is 0. The molecular formula is C23H21NO4. The van der Waals surface area contributed by atoms with Crippen molar-refractivity contribution in [1.82, 2.24) is 4.57 Å². The van der Waals surface area contributed by atoms with Crippen molar-refractivity contribution >= 4 is 28.5 Å². The standard InChI is InChI=1S/C23H21NO4/c1-4-24-12-16(17-7-5-6-8-19(17)24)11-21-22(26)18-9-10-20(27-13-14(2)25)15(3)23(18)28-21/h5-12H,4,13H2,1-3H3/b21-11+. The Balaban J connectivity index is 1.72. The van der Waals surface area contributed by atoms with E-state index >= 15 is 0 Å². The summed E-state index contributed by atoms with van der Waals surface area (Å²) in [6, 6.07) is 11.5. The molecule has 28 heavy (non-hydrogen) atoms. The fraction of sp³-hybridized carbons (Fsp3) is 0.217. The number of carbonyl (C=O) groups excluding carboxylic acids is 2. The highest BCUT2D eigenvalue weighted by atomic mass is 16.5. The van der Waals surface area contributed by atoms with Crippen LogP contribution in [-0.2, 0) is 11.3 Å². The van der Waals surface area contributed by atoms with E-state index in [1.165, 1.54) is 6.92 Å². The molecule has 0 fully saturated rings. The number of ketones is 2. The fourth-order valence-corrected chi connectivity index (χ4v) is 3.50. The van der Waals surface area contributed by atoms with Gasteiger partial charge in [0.15, 0.2) is 11.5 Å². The molecule has 0 saturated carbocycles. The number of para-hydroxylation sites is 1. The number of hydrogen-bond acceptors (Lipinski definition) is 4.